The number of aryl methyl sites for hydroxylation is 1. The van der Waals surface area contributed by atoms with E-state index in [9.17, 15) is 0 Å². The predicted octanol–water partition coefficient (Wildman–Crippen LogP) is 2.30. The molecule has 2 heteroatoms. The van der Waals surface area contributed by atoms with E-state index in [-0.39, 0.29) is 0 Å². The van der Waals surface area contributed by atoms with E-state index < -0.39 is 0 Å². The van der Waals surface area contributed by atoms with E-state index in [1.165, 1.54) is 6.40 Å². The molecule has 0 atom stereocenters. The first kappa shape index (κ1) is 7.79. The topological polar surface area (TPSA) is 21.6 Å². The standard InChI is InChI=1S/C9H11NO/c1-8-5-3-4-6-9(8)10-7-11-2/h3-7H,1-2H3. The van der Waals surface area contributed by atoms with Crippen LogP contribution >= 0.6 is 0 Å². The number of aliphatic imine (C=N–C) groups is 1. The Morgan fingerprint density at radius 2 is 2.09 bits per heavy atom. The van der Waals surface area contributed by atoms with E-state index in [0.29, 0.717) is 0 Å². The average molecular weight is 149 g/mol. The number of rotatable bonds is 2. The van der Waals surface area contributed by atoms with Crippen LogP contribution in [0.4, 0.5) is 5.69 Å². The third-order valence-corrected chi connectivity index (χ3v) is 1.41. The van der Waals surface area contributed by atoms with Gasteiger partial charge in [0, 0.05) is 0 Å². The van der Waals surface area contributed by atoms with E-state index >= 15 is 0 Å². The minimum Gasteiger partial charge on any atom is -0.486 e. The van der Waals surface area contributed by atoms with Gasteiger partial charge in [0.15, 0.2) is 6.40 Å². The first-order chi connectivity index (χ1) is 5.34. The fraction of sp³-hybridized carbons (Fsp3) is 0.222. The summed E-state index contributed by atoms with van der Waals surface area (Å²) in [5, 5.41) is 0. The molecule has 0 saturated carbocycles. The number of methoxy groups -OCH3 is 1. The zero-order valence-corrected chi connectivity index (χ0v) is 6.74. The van der Waals surface area contributed by atoms with Gasteiger partial charge in [-0.2, -0.15) is 0 Å². The van der Waals surface area contributed by atoms with E-state index in [1.807, 2.05) is 31.2 Å². The van der Waals surface area contributed by atoms with Gasteiger partial charge in [0.1, 0.15) is 0 Å². The third-order valence-electron chi connectivity index (χ3n) is 1.41. The van der Waals surface area contributed by atoms with Gasteiger partial charge >= 0.3 is 0 Å². The van der Waals surface area contributed by atoms with Crippen LogP contribution in [0, 0.1) is 6.92 Å². The molecule has 0 bridgehead atoms. The molecular weight excluding hydrogens is 138 g/mol. The molecule has 0 radical (unpaired) electrons. The molecule has 0 spiro atoms. The zero-order chi connectivity index (χ0) is 8.10. The van der Waals surface area contributed by atoms with E-state index in [1.54, 1.807) is 7.11 Å². The van der Waals surface area contributed by atoms with Gasteiger partial charge in [-0.3, -0.25) is 0 Å². The van der Waals surface area contributed by atoms with Crippen LogP contribution in [0.3, 0.4) is 0 Å². The van der Waals surface area contributed by atoms with Gasteiger partial charge in [0.2, 0.25) is 0 Å². The van der Waals surface area contributed by atoms with Crippen LogP contribution in [0.1, 0.15) is 5.56 Å². The fourth-order valence-electron chi connectivity index (χ4n) is 0.818. The average Bonchev–Trinajstić information content (AvgIpc) is 2.03. The molecular formula is C9H11NO. The summed E-state index contributed by atoms with van der Waals surface area (Å²) in [6, 6.07) is 7.91. The minimum atomic E-state index is 0.953. The third kappa shape index (κ3) is 2.08. The van der Waals surface area contributed by atoms with Crippen molar-refractivity contribution in [3.8, 4) is 0 Å². The molecule has 1 aromatic carbocycles. The predicted molar refractivity (Wildman–Crippen MR) is 46.3 cm³/mol. The van der Waals surface area contributed by atoms with Crippen LogP contribution < -0.4 is 0 Å². The molecule has 0 saturated heterocycles. The van der Waals surface area contributed by atoms with Crippen molar-refractivity contribution in [1.29, 1.82) is 0 Å². The maximum Gasteiger partial charge on any atom is 0.174 e. The molecule has 0 fully saturated rings. The maximum absolute atomic E-state index is 4.71. The van der Waals surface area contributed by atoms with Crippen LogP contribution in [0.15, 0.2) is 29.3 Å². The number of hydrogen-bond acceptors (Lipinski definition) is 2. The Morgan fingerprint density at radius 3 is 2.73 bits per heavy atom. The lowest BCUT2D eigenvalue weighted by Crippen LogP contribution is -1.77. The summed E-state index contributed by atoms with van der Waals surface area (Å²) in [5.41, 5.74) is 2.11. The summed E-state index contributed by atoms with van der Waals surface area (Å²) >= 11 is 0. The van der Waals surface area contributed by atoms with Crippen molar-refractivity contribution in [3.05, 3.63) is 29.8 Å². The van der Waals surface area contributed by atoms with Gasteiger partial charge in [0.25, 0.3) is 0 Å². The monoisotopic (exact) mass is 149 g/mol. The van der Waals surface area contributed by atoms with Crippen molar-refractivity contribution in [2.45, 2.75) is 6.92 Å². The van der Waals surface area contributed by atoms with Crippen LogP contribution in [0.5, 0.6) is 0 Å². The Hall–Kier alpha value is -1.31. The normalized spacial score (nSPS) is 10.4. The second kappa shape index (κ2) is 3.76. The Bertz CT molecular complexity index is 255. The van der Waals surface area contributed by atoms with Crippen molar-refractivity contribution in [2.75, 3.05) is 7.11 Å². The van der Waals surface area contributed by atoms with E-state index in [2.05, 4.69) is 4.99 Å². The molecule has 1 aromatic rings. The lowest BCUT2D eigenvalue weighted by Gasteiger charge is -1.96. The number of ether oxygens (including phenoxy) is 1. The van der Waals surface area contributed by atoms with Crippen LogP contribution in [-0.2, 0) is 4.74 Å². The van der Waals surface area contributed by atoms with Gasteiger partial charge in [-0.05, 0) is 18.6 Å². The van der Waals surface area contributed by atoms with Crippen molar-refractivity contribution in [2.24, 2.45) is 4.99 Å². The van der Waals surface area contributed by atoms with Crippen molar-refractivity contribution < 1.29 is 4.74 Å². The molecule has 0 aliphatic rings. The zero-order valence-electron chi connectivity index (χ0n) is 6.74. The summed E-state index contributed by atoms with van der Waals surface area (Å²) in [7, 11) is 1.59. The fourth-order valence-corrected chi connectivity index (χ4v) is 0.818. The summed E-state index contributed by atoms with van der Waals surface area (Å²) in [5.74, 6) is 0. The smallest absolute Gasteiger partial charge is 0.174 e. The summed E-state index contributed by atoms with van der Waals surface area (Å²) < 4.78 is 4.71. The Balaban J connectivity index is 2.86. The Labute approximate surface area is 66.5 Å². The number of para-hydroxylation sites is 1. The van der Waals surface area contributed by atoms with Gasteiger partial charge in [-0.1, -0.05) is 18.2 Å². The molecule has 0 aliphatic heterocycles. The van der Waals surface area contributed by atoms with Crippen molar-refractivity contribution in [1.82, 2.24) is 0 Å². The van der Waals surface area contributed by atoms with Crippen LogP contribution in [0.2, 0.25) is 0 Å². The summed E-state index contributed by atoms with van der Waals surface area (Å²) in [6.07, 6.45) is 1.43. The first-order valence-corrected chi connectivity index (χ1v) is 3.45. The quantitative estimate of drug-likeness (QED) is 0.467. The number of benzene rings is 1. The highest BCUT2D eigenvalue weighted by Gasteiger charge is 1.90. The number of hydrogen-bond donors (Lipinski definition) is 0. The second-order valence-corrected chi connectivity index (χ2v) is 2.26. The molecule has 0 unspecified atom stereocenters. The Morgan fingerprint density at radius 1 is 1.36 bits per heavy atom. The largest absolute Gasteiger partial charge is 0.486 e. The molecule has 0 aliphatic carbocycles. The molecule has 0 heterocycles. The van der Waals surface area contributed by atoms with Crippen molar-refractivity contribution in [3.63, 3.8) is 0 Å². The first-order valence-electron chi connectivity index (χ1n) is 3.45. The SMILES string of the molecule is COC=Nc1ccccc1C. The highest BCUT2D eigenvalue weighted by Crippen LogP contribution is 2.15. The molecule has 1 rings (SSSR count). The summed E-state index contributed by atoms with van der Waals surface area (Å²) in [4.78, 5) is 4.08. The van der Waals surface area contributed by atoms with Gasteiger partial charge in [-0.25, -0.2) is 4.99 Å². The van der Waals surface area contributed by atoms with Gasteiger partial charge < -0.3 is 4.74 Å². The Kier molecular flexibility index (Phi) is 2.66. The molecule has 58 valence electrons. The highest BCUT2D eigenvalue weighted by atomic mass is 16.5. The molecule has 0 amide bonds. The van der Waals surface area contributed by atoms with Crippen LogP contribution in [-0.4, -0.2) is 13.5 Å². The summed E-state index contributed by atoms with van der Waals surface area (Å²) in [6.45, 7) is 2.02. The maximum atomic E-state index is 4.71. The van der Waals surface area contributed by atoms with E-state index in [4.69, 9.17) is 4.74 Å². The van der Waals surface area contributed by atoms with Crippen LogP contribution in [0.25, 0.3) is 0 Å². The lowest BCUT2D eigenvalue weighted by atomic mass is 10.2. The molecule has 11 heavy (non-hydrogen) atoms. The van der Waals surface area contributed by atoms with Gasteiger partial charge in [0.05, 0.1) is 12.8 Å². The molecule has 2 nitrogen and oxygen atoms in total. The second-order valence-electron chi connectivity index (χ2n) is 2.26. The minimum absolute atomic E-state index is 0.953. The molecule has 0 aromatic heterocycles. The highest BCUT2D eigenvalue weighted by molar-refractivity contribution is 5.57. The number of nitrogens with zero attached hydrogens (tertiary/aromatic N) is 1. The van der Waals surface area contributed by atoms with Gasteiger partial charge in [-0.15, -0.1) is 0 Å². The van der Waals surface area contributed by atoms with Crippen molar-refractivity contribution >= 4 is 12.1 Å². The molecule has 0 N–H and O–H groups in total. The lowest BCUT2D eigenvalue weighted by molar-refractivity contribution is 0.423. The van der Waals surface area contributed by atoms with E-state index in [0.717, 1.165) is 11.3 Å².